The number of aliphatic hydroxyl groups is 1. The van der Waals surface area contributed by atoms with E-state index in [2.05, 4.69) is 4.98 Å². The monoisotopic (exact) mass is 333 g/mol. The van der Waals surface area contributed by atoms with E-state index in [-0.39, 0.29) is 0 Å². The number of halogens is 3. The summed E-state index contributed by atoms with van der Waals surface area (Å²) >= 11 is 0. The minimum atomic E-state index is -4.98. The van der Waals surface area contributed by atoms with Gasteiger partial charge in [-0.1, -0.05) is 13.3 Å². The number of likely N-dealkylation sites (tertiary alicyclic amines) is 1. The van der Waals surface area contributed by atoms with Crippen LogP contribution < -0.4 is 0 Å². The van der Waals surface area contributed by atoms with Crippen LogP contribution in [-0.4, -0.2) is 44.7 Å². The van der Waals surface area contributed by atoms with E-state index in [0.717, 1.165) is 23.8 Å². The van der Waals surface area contributed by atoms with Crippen LogP contribution in [0.25, 0.3) is 0 Å². The van der Waals surface area contributed by atoms with Gasteiger partial charge in [-0.3, -0.25) is 4.79 Å². The van der Waals surface area contributed by atoms with Crippen molar-refractivity contribution in [3.63, 3.8) is 0 Å². The third-order valence-corrected chi connectivity index (χ3v) is 4.52. The van der Waals surface area contributed by atoms with Gasteiger partial charge in [0.05, 0.1) is 6.42 Å². The zero-order valence-corrected chi connectivity index (χ0v) is 13.3. The number of alkyl halides is 3. The number of rotatable bonds is 4. The summed E-state index contributed by atoms with van der Waals surface area (Å²) in [5.41, 5.74) is -3.28. The number of aromatic nitrogens is 2. The highest BCUT2D eigenvalue weighted by atomic mass is 19.4. The number of carbonyl (C=O) groups excluding carboxylic acids is 1. The van der Waals surface area contributed by atoms with Gasteiger partial charge in [0.15, 0.2) is 5.82 Å². The van der Waals surface area contributed by atoms with E-state index in [0.29, 0.717) is 19.0 Å². The molecule has 2 rings (SSSR count). The number of hydrogen-bond acceptors (Lipinski definition) is 3. The first-order chi connectivity index (χ1) is 10.7. The second-order valence-corrected chi connectivity index (χ2v) is 6.15. The Bertz CT molecular complexity index is 558. The van der Waals surface area contributed by atoms with Crippen molar-refractivity contribution in [3.8, 4) is 0 Å². The highest BCUT2D eigenvalue weighted by Crippen LogP contribution is 2.41. The van der Waals surface area contributed by atoms with Gasteiger partial charge >= 0.3 is 6.18 Å². The van der Waals surface area contributed by atoms with Crippen LogP contribution in [0.3, 0.4) is 0 Å². The standard InChI is InChI=1S/C15H22F3N3O2/c1-3-11-5-4-7-21(10-11)12(22)9-14(23,15(16,17)18)13-19-6-8-20(13)2/h6,8,11,23H,3-5,7,9-10H2,1-2H3. The molecule has 2 heterocycles. The SMILES string of the molecule is CCC1CCCN(C(=O)CC(O)(c2nccn2C)C(F)(F)F)C1. The molecule has 1 aromatic heterocycles. The van der Waals surface area contributed by atoms with Crippen molar-refractivity contribution in [1.82, 2.24) is 14.5 Å². The zero-order chi connectivity index (χ0) is 17.3. The fraction of sp³-hybridized carbons (Fsp3) is 0.733. The number of nitrogens with zero attached hydrogens (tertiary/aromatic N) is 3. The average molecular weight is 333 g/mol. The summed E-state index contributed by atoms with van der Waals surface area (Å²) in [6.45, 7) is 2.88. The Morgan fingerprint density at radius 3 is 2.70 bits per heavy atom. The molecule has 0 radical (unpaired) electrons. The Morgan fingerprint density at radius 1 is 1.48 bits per heavy atom. The molecule has 0 saturated carbocycles. The third kappa shape index (κ3) is 3.52. The van der Waals surface area contributed by atoms with Gasteiger partial charge in [-0.05, 0) is 18.8 Å². The molecule has 0 bridgehead atoms. The van der Waals surface area contributed by atoms with Crippen LogP contribution in [0.15, 0.2) is 12.4 Å². The summed E-state index contributed by atoms with van der Waals surface area (Å²) in [6.07, 6.45) is -0.915. The molecule has 8 heteroatoms. The first kappa shape index (κ1) is 17.8. The number of piperidine rings is 1. The van der Waals surface area contributed by atoms with E-state index in [9.17, 15) is 23.1 Å². The molecule has 1 N–H and O–H groups in total. The molecule has 1 aliphatic heterocycles. The molecule has 23 heavy (non-hydrogen) atoms. The average Bonchev–Trinajstić information content (AvgIpc) is 2.92. The summed E-state index contributed by atoms with van der Waals surface area (Å²) < 4.78 is 41.4. The molecule has 1 saturated heterocycles. The molecule has 1 amide bonds. The zero-order valence-electron chi connectivity index (χ0n) is 13.3. The predicted molar refractivity (Wildman–Crippen MR) is 77.4 cm³/mol. The number of hydrogen-bond donors (Lipinski definition) is 1. The van der Waals surface area contributed by atoms with Gasteiger partial charge in [0, 0.05) is 32.5 Å². The van der Waals surface area contributed by atoms with Gasteiger partial charge in [0.1, 0.15) is 0 Å². The quantitative estimate of drug-likeness (QED) is 0.919. The minimum Gasteiger partial charge on any atom is -0.374 e. The van der Waals surface area contributed by atoms with Gasteiger partial charge in [-0.2, -0.15) is 13.2 Å². The molecular weight excluding hydrogens is 311 g/mol. The Morgan fingerprint density at radius 2 is 2.17 bits per heavy atom. The number of imidazole rings is 1. The lowest BCUT2D eigenvalue weighted by atomic mass is 9.93. The minimum absolute atomic E-state index is 0.305. The van der Waals surface area contributed by atoms with Gasteiger partial charge < -0.3 is 14.6 Å². The van der Waals surface area contributed by atoms with E-state index in [4.69, 9.17) is 0 Å². The molecule has 2 unspecified atom stereocenters. The first-order valence-corrected chi connectivity index (χ1v) is 7.73. The number of amides is 1. The van der Waals surface area contributed by atoms with Crippen LogP contribution in [0.1, 0.15) is 38.4 Å². The van der Waals surface area contributed by atoms with E-state index in [1.165, 1.54) is 24.3 Å². The Labute approximate surface area is 133 Å². The normalized spacial score (nSPS) is 22.0. The van der Waals surface area contributed by atoms with Gasteiger partial charge in [-0.15, -0.1) is 0 Å². The van der Waals surface area contributed by atoms with Crippen LogP contribution >= 0.6 is 0 Å². The smallest absolute Gasteiger partial charge is 0.374 e. The number of carbonyl (C=O) groups is 1. The van der Waals surface area contributed by atoms with Gasteiger partial charge in [-0.25, -0.2) is 4.98 Å². The summed E-state index contributed by atoms with van der Waals surface area (Å²) in [5.74, 6) is -0.951. The Balaban J connectivity index is 2.22. The summed E-state index contributed by atoms with van der Waals surface area (Å²) in [6, 6.07) is 0. The van der Waals surface area contributed by atoms with E-state index < -0.39 is 29.9 Å². The maximum atomic E-state index is 13.4. The van der Waals surface area contributed by atoms with Crippen LogP contribution in [0, 0.1) is 5.92 Å². The Kier molecular flexibility index (Phi) is 5.03. The molecule has 0 aliphatic carbocycles. The topological polar surface area (TPSA) is 58.4 Å². The molecular formula is C15H22F3N3O2. The van der Waals surface area contributed by atoms with Crippen molar-refractivity contribution in [2.45, 2.75) is 44.4 Å². The second kappa shape index (κ2) is 6.51. The largest absolute Gasteiger partial charge is 0.425 e. The predicted octanol–water partition coefficient (Wildman–Crippen LogP) is 2.21. The van der Waals surface area contributed by atoms with Gasteiger partial charge in [0.2, 0.25) is 11.5 Å². The fourth-order valence-electron chi connectivity index (χ4n) is 3.03. The van der Waals surface area contributed by atoms with Crippen LogP contribution in [0.5, 0.6) is 0 Å². The molecule has 0 aromatic carbocycles. The molecule has 130 valence electrons. The van der Waals surface area contributed by atoms with E-state index in [1.54, 1.807) is 0 Å². The van der Waals surface area contributed by atoms with Crippen LogP contribution in [0.2, 0.25) is 0 Å². The fourth-order valence-corrected chi connectivity index (χ4v) is 3.03. The molecule has 1 aromatic rings. The number of aryl methyl sites for hydroxylation is 1. The van der Waals surface area contributed by atoms with Crippen LogP contribution in [0.4, 0.5) is 13.2 Å². The van der Waals surface area contributed by atoms with E-state index >= 15 is 0 Å². The summed E-state index contributed by atoms with van der Waals surface area (Å²) in [4.78, 5) is 17.4. The lowest BCUT2D eigenvalue weighted by molar-refractivity contribution is -0.272. The van der Waals surface area contributed by atoms with Crippen LogP contribution in [-0.2, 0) is 17.4 Å². The third-order valence-electron chi connectivity index (χ3n) is 4.52. The lowest BCUT2D eigenvalue weighted by Gasteiger charge is -2.35. The lowest BCUT2D eigenvalue weighted by Crippen LogP contribution is -2.50. The second-order valence-electron chi connectivity index (χ2n) is 6.15. The maximum Gasteiger partial charge on any atom is 0.425 e. The summed E-state index contributed by atoms with van der Waals surface area (Å²) in [5, 5.41) is 10.3. The van der Waals surface area contributed by atoms with E-state index in [1.807, 2.05) is 6.92 Å². The van der Waals surface area contributed by atoms with Crippen molar-refractivity contribution in [2.24, 2.45) is 13.0 Å². The van der Waals surface area contributed by atoms with Crippen molar-refractivity contribution < 1.29 is 23.1 Å². The molecule has 2 atom stereocenters. The molecule has 5 nitrogen and oxygen atoms in total. The Hall–Kier alpha value is -1.57. The first-order valence-electron chi connectivity index (χ1n) is 7.73. The molecule has 0 spiro atoms. The highest BCUT2D eigenvalue weighted by molar-refractivity contribution is 5.77. The molecule has 1 aliphatic rings. The van der Waals surface area contributed by atoms with Crippen molar-refractivity contribution >= 4 is 5.91 Å². The van der Waals surface area contributed by atoms with Crippen molar-refractivity contribution in [2.75, 3.05) is 13.1 Å². The maximum absolute atomic E-state index is 13.4. The van der Waals surface area contributed by atoms with Crippen molar-refractivity contribution in [3.05, 3.63) is 18.2 Å². The highest BCUT2D eigenvalue weighted by Gasteiger charge is 2.59. The van der Waals surface area contributed by atoms with Crippen molar-refractivity contribution in [1.29, 1.82) is 0 Å². The summed E-state index contributed by atoms with van der Waals surface area (Å²) in [7, 11) is 1.36. The molecule has 1 fully saturated rings. The van der Waals surface area contributed by atoms with Gasteiger partial charge in [0.25, 0.3) is 0 Å².